The Bertz CT molecular complexity index is 873. The highest BCUT2D eigenvalue weighted by molar-refractivity contribution is 7.99. The number of carbonyl (C=O) groups excluding carboxylic acids is 1. The van der Waals surface area contributed by atoms with Crippen LogP contribution in [0, 0.1) is 11.3 Å². The van der Waals surface area contributed by atoms with Crippen molar-refractivity contribution in [3.05, 3.63) is 66.4 Å². The summed E-state index contributed by atoms with van der Waals surface area (Å²) in [6, 6.07) is 20.2. The second-order valence-electron chi connectivity index (χ2n) is 6.82. The summed E-state index contributed by atoms with van der Waals surface area (Å²) in [5.41, 5.74) is 0.869. The third kappa shape index (κ3) is 5.17. The lowest BCUT2D eigenvalue weighted by atomic mass is 10.0. The molecule has 5 heteroatoms. The van der Waals surface area contributed by atoms with Gasteiger partial charge in [-0.3, -0.25) is 4.79 Å². The molecule has 0 aromatic heterocycles. The zero-order valence-electron chi connectivity index (χ0n) is 16.1. The van der Waals surface area contributed by atoms with Crippen molar-refractivity contribution >= 4 is 23.4 Å². The maximum absolute atomic E-state index is 12.8. The average molecular weight is 392 g/mol. The number of piperidine rings is 1. The molecule has 1 heterocycles. The van der Waals surface area contributed by atoms with Crippen LogP contribution in [0.15, 0.2) is 76.2 Å². The molecule has 1 amide bonds. The fourth-order valence-corrected chi connectivity index (χ4v) is 4.32. The van der Waals surface area contributed by atoms with Gasteiger partial charge < -0.3 is 10.2 Å². The van der Waals surface area contributed by atoms with Crippen LogP contribution in [0.25, 0.3) is 0 Å². The third-order valence-electron chi connectivity index (χ3n) is 4.91. The average Bonchev–Trinajstić information content (AvgIpc) is 2.74. The van der Waals surface area contributed by atoms with Gasteiger partial charge in [-0.05, 0) is 49.9 Å². The first kappa shape index (κ1) is 20.0. The Morgan fingerprint density at radius 1 is 1.21 bits per heavy atom. The fraction of sp³-hybridized carbons (Fsp3) is 0.304. The predicted octanol–water partition coefficient (Wildman–Crippen LogP) is 5.45. The maximum atomic E-state index is 12.8. The van der Waals surface area contributed by atoms with Gasteiger partial charge >= 0.3 is 0 Å². The number of nitriles is 1. The van der Waals surface area contributed by atoms with Crippen molar-refractivity contribution in [3.8, 4) is 6.07 Å². The van der Waals surface area contributed by atoms with Gasteiger partial charge in [0.25, 0.3) is 5.91 Å². The number of para-hydroxylation sites is 1. The van der Waals surface area contributed by atoms with E-state index in [1.165, 1.54) is 6.42 Å². The molecule has 1 saturated heterocycles. The van der Waals surface area contributed by atoms with Crippen molar-refractivity contribution in [2.24, 2.45) is 0 Å². The lowest BCUT2D eigenvalue weighted by molar-refractivity contribution is -0.112. The summed E-state index contributed by atoms with van der Waals surface area (Å²) in [7, 11) is 0. The second-order valence-corrected chi connectivity index (χ2v) is 7.93. The van der Waals surface area contributed by atoms with Crippen molar-refractivity contribution < 1.29 is 4.79 Å². The number of amides is 1. The Kier molecular flexibility index (Phi) is 7.16. The number of hydrogen-bond acceptors (Lipinski definition) is 4. The van der Waals surface area contributed by atoms with Crippen LogP contribution in [0.2, 0.25) is 0 Å². The number of rotatable bonds is 6. The lowest BCUT2D eigenvalue weighted by Gasteiger charge is -2.34. The molecule has 1 atom stereocenters. The molecule has 144 valence electrons. The standard InChI is InChI=1S/C23H25N3OS/c1-2-19-10-8-9-15-26(19)17-18(16-24)23(27)25-21-13-6-7-14-22(21)28-20-11-4-3-5-12-20/h3-7,11-14,17,19H,2,8-10,15H2,1H3,(H,25,27)/b18-17-. The zero-order chi connectivity index (χ0) is 19.8. The molecule has 1 aliphatic rings. The van der Waals surface area contributed by atoms with Crippen molar-refractivity contribution in [1.82, 2.24) is 4.90 Å². The largest absolute Gasteiger partial charge is 0.373 e. The molecule has 1 N–H and O–H groups in total. The summed E-state index contributed by atoms with van der Waals surface area (Å²) in [6.45, 7) is 3.05. The summed E-state index contributed by atoms with van der Waals surface area (Å²) in [5, 5.41) is 12.5. The minimum Gasteiger partial charge on any atom is -0.373 e. The minimum atomic E-state index is -0.357. The molecule has 3 rings (SSSR count). The van der Waals surface area contributed by atoms with Crippen molar-refractivity contribution in [2.75, 3.05) is 11.9 Å². The number of carbonyl (C=O) groups is 1. The number of benzene rings is 2. The third-order valence-corrected chi connectivity index (χ3v) is 5.99. The van der Waals surface area contributed by atoms with E-state index in [1.807, 2.05) is 54.6 Å². The minimum absolute atomic E-state index is 0.153. The monoisotopic (exact) mass is 391 g/mol. The number of hydrogen-bond donors (Lipinski definition) is 1. The van der Waals surface area contributed by atoms with Crippen LogP contribution in [0.1, 0.15) is 32.6 Å². The molecule has 2 aromatic carbocycles. The fourth-order valence-electron chi connectivity index (χ4n) is 3.40. The first-order valence-corrected chi connectivity index (χ1v) is 10.5. The van der Waals surface area contributed by atoms with Gasteiger partial charge in [0.1, 0.15) is 11.6 Å². The van der Waals surface area contributed by atoms with E-state index < -0.39 is 0 Å². The molecule has 0 radical (unpaired) electrons. The van der Waals surface area contributed by atoms with Gasteiger partial charge in [0.15, 0.2) is 0 Å². The molecule has 0 aliphatic carbocycles. The second kappa shape index (κ2) is 10.0. The van der Waals surface area contributed by atoms with Crippen molar-refractivity contribution in [1.29, 1.82) is 5.26 Å². The highest BCUT2D eigenvalue weighted by Gasteiger charge is 2.20. The predicted molar refractivity (Wildman–Crippen MR) is 114 cm³/mol. The van der Waals surface area contributed by atoms with E-state index in [2.05, 4.69) is 23.2 Å². The van der Waals surface area contributed by atoms with Crippen LogP contribution in [0.4, 0.5) is 5.69 Å². The Morgan fingerprint density at radius 3 is 2.71 bits per heavy atom. The molecule has 0 bridgehead atoms. The molecule has 1 unspecified atom stereocenters. The first-order valence-electron chi connectivity index (χ1n) is 9.72. The summed E-state index contributed by atoms with van der Waals surface area (Å²) in [5.74, 6) is -0.357. The zero-order valence-corrected chi connectivity index (χ0v) is 16.9. The van der Waals surface area contributed by atoms with Crippen LogP contribution in [-0.4, -0.2) is 23.4 Å². The van der Waals surface area contributed by atoms with Gasteiger partial charge in [0.2, 0.25) is 0 Å². The van der Waals surface area contributed by atoms with E-state index >= 15 is 0 Å². The maximum Gasteiger partial charge on any atom is 0.267 e. The van der Waals surface area contributed by atoms with E-state index in [0.29, 0.717) is 11.7 Å². The summed E-state index contributed by atoms with van der Waals surface area (Å²) in [4.78, 5) is 17.0. The number of nitrogens with one attached hydrogen (secondary N) is 1. The summed E-state index contributed by atoms with van der Waals surface area (Å²) >= 11 is 1.59. The van der Waals surface area contributed by atoms with Crippen LogP contribution >= 0.6 is 11.8 Å². The van der Waals surface area contributed by atoms with Gasteiger partial charge in [-0.1, -0.05) is 49.0 Å². The molecule has 2 aromatic rings. The Balaban J connectivity index is 1.76. The van der Waals surface area contributed by atoms with Crippen LogP contribution < -0.4 is 5.32 Å². The van der Waals surface area contributed by atoms with E-state index in [-0.39, 0.29) is 11.5 Å². The van der Waals surface area contributed by atoms with E-state index in [1.54, 1.807) is 18.0 Å². The van der Waals surface area contributed by atoms with E-state index in [9.17, 15) is 10.1 Å². The molecule has 0 saturated carbocycles. The van der Waals surface area contributed by atoms with Gasteiger partial charge in [0.05, 0.1) is 5.69 Å². The number of likely N-dealkylation sites (tertiary alicyclic amines) is 1. The van der Waals surface area contributed by atoms with Crippen LogP contribution in [0.3, 0.4) is 0 Å². The van der Waals surface area contributed by atoms with Crippen molar-refractivity contribution in [2.45, 2.75) is 48.4 Å². The SMILES string of the molecule is CCC1CCCCN1/C=C(/C#N)C(=O)Nc1ccccc1Sc1ccccc1. The molecule has 4 nitrogen and oxygen atoms in total. The Labute approximate surface area is 171 Å². The van der Waals surface area contributed by atoms with Gasteiger partial charge in [0, 0.05) is 28.6 Å². The molecular weight excluding hydrogens is 366 g/mol. The van der Waals surface area contributed by atoms with Crippen molar-refractivity contribution in [3.63, 3.8) is 0 Å². The smallest absolute Gasteiger partial charge is 0.267 e. The highest BCUT2D eigenvalue weighted by atomic mass is 32.2. The van der Waals surface area contributed by atoms with E-state index in [4.69, 9.17) is 0 Å². The van der Waals surface area contributed by atoms with Gasteiger partial charge in [-0.15, -0.1) is 0 Å². The Hall–Kier alpha value is -2.71. The number of anilines is 1. The van der Waals surface area contributed by atoms with Gasteiger partial charge in [-0.25, -0.2) is 0 Å². The quantitative estimate of drug-likeness (QED) is 0.526. The summed E-state index contributed by atoms with van der Waals surface area (Å²) in [6.07, 6.45) is 6.19. The summed E-state index contributed by atoms with van der Waals surface area (Å²) < 4.78 is 0. The van der Waals surface area contributed by atoms with E-state index in [0.717, 1.165) is 35.6 Å². The number of nitrogens with zero attached hydrogens (tertiary/aromatic N) is 2. The highest BCUT2D eigenvalue weighted by Crippen LogP contribution is 2.33. The van der Waals surface area contributed by atoms with Crippen LogP contribution in [-0.2, 0) is 4.79 Å². The topological polar surface area (TPSA) is 56.1 Å². The Morgan fingerprint density at radius 2 is 1.96 bits per heavy atom. The lowest BCUT2D eigenvalue weighted by Crippen LogP contribution is -2.35. The van der Waals surface area contributed by atoms with Gasteiger partial charge in [-0.2, -0.15) is 5.26 Å². The normalized spacial score (nSPS) is 17.1. The molecule has 1 fully saturated rings. The molecular formula is C23H25N3OS. The molecule has 1 aliphatic heterocycles. The molecule has 0 spiro atoms. The van der Waals surface area contributed by atoms with Crippen LogP contribution in [0.5, 0.6) is 0 Å². The molecule has 28 heavy (non-hydrogen) atoms. The first-order chi connectivity index (χ1) is 13.7.